The lowest BCUT2D eigenvalue weighted by molar-refractivity contribution is -0.384. The first-order valence-electron chi connectivity index (χ1n) is 5.62. The topological polar surface area (TPSA) is 83.7 Å². The molecule has 0 unspecified atom stereocenters. The number of carboxylic acids is 1. The lowest BCUT2D eigenvalue weighted by Gasteiger charge is -2.14. The quantitative estimate of drug-likeness (QED) is 0.612. The first-order chi connectivity index (χ1) is 8.49. The molecule has 0 saturated heterocycles. The Hall–Kier alpha value is -1.66. The van der Waals surface area contributed by atoms with E-state index in [1.165, 1.54) is 12.1 Å². The maximum absolute atomic E-state index is 10.5. The van der Waals surface area contributed by atoms with Crippen LogP contribution in [0.1, 0.15) is 12.0 Å². The van der Waals surface area contributed by atoms with Gasteiger partial charge >= 0.3 is 5.97 Å². The van der Waals surface area contributed by atoms with Crippen LogP contribution >= 0.6 is 12.4 Å². The van der Waals surface area contributed by atoms with Crippen LogP contribution < -0.4 is 0 Å². The second-order valence-electron chi connectivity index (χ2n) is 4.12. The zero-order valence-corrected chi connectivity index (χ0v) is 11.4. The van der Waals surface area contributed by atoms with E-state index in [4.69, 9.17) is 5.11 Å². The number of rotatable bonds is 7. The first kappa shape index (κ1) is 17.3. The number of carboxylic acid groups (broad SMARTS) is 1. The fraction of sp³-hybridized carbons (Fsp3) is 0.417. The number of nitro benzene ring substituents is 1. The Labute approximate surface area is 117 Å². The first-order valence-corrected chi connectivity index (χ1v) is 5.62. The van der Waals surface area contributed by atoms with Crippen molar-refractivity contribution in [3.63, 3.8) is 0 Å². The largest absolute Gasteiger partial charge is 0.481 e. The van der Waals surface area contributed by atoms with E-state index >= 15 is 0 Å². The van der Waals surface area contributed by atoms with Crippen molar-refractivity contribution in [1.29, 1.82) is 0 Å². The maximum Gasteiger partial charge on any atom is 0.304 e. The minimum Gasteiger partial charge on any atom is -0.481 e. The van der Waals surface area contributed by atoms with E-state index in [9.17, 15) is 14.9 Å². The molecule has 1 rings (SSSR count). The van der Waals surface area contributed by atoms with Gasteiger partial charge in [-0.25, -0.2) is 0 Å². The molecular weight excluding hydrogens is 272 g/mol. The third kappa shape index (κ3) is 6.73. The second-order valence-corrected chi connectivity index (χ2v) is 4.12. The molecule has 0 radical (unpaired) electrons. The monoisotopic (exact) mass is 288 g/mol. The number of hydrogen-bond donors (Lipinski definition) is 1. The number of hydrogen-bond acceptors (Lipinski definition) is 4. The number of carbonyl (C=O) groups is 1. The fourth-order valence-electron chi connectivity index (χ4n) is 1.50. The Morgan fingerprint density at radius 1 is 1.32 bits per heavy atom. The Morgan fingerprint density at radius 2 is 1.89 bits per heavy atom. The molecule has 0 atom stereocenters. The van der Waals surface area contributed by atoms with Crippen LogP contribution in [-0.2, 0) is 11.2 Å². The van der Waals surface area contributed by atoms with E-state index in [1.54, 1.807) is 12.1 Å². The van der Waals surface area contributed by atoms with Gasteiger partial charge in [0, 0.05) is 25.2 Å². The number of nitrogens with zero attached hydrogens (tertiary/aromatic N) is 2. The molecule has 1 N–H and O–H groups in total. The van der Waals surface area contributed by atoms with Crippen molar-refractivity contribution in [2.75, 3.05) is 20.1 Å². The molecule has 106 valence electrons. The second kappa shape index (κ2) is 8.44. The number of halogens is 1. The van der Waals surface area contributed by atoms with Crippen molar-refractivity contribution in [3.05, 3.63) is 39.9 Å². The molecular formula is C12H17ClN2O4. The number of non-ortho nitro benzene ring substituents is 1. The highest BCUT2D eigenvalue weighted by Gasteiger charge is 2.05. The van der Waals surface area contributed by atoms with Crippen LogP contribution in [0.25, 0.3) is 0 Å². The molecule has 1 aromatic carbocycles. The highest BCUT2D eigenvalue weighted by molar-refractivity contribution is 5.85. The van der Waals surface area contributed by atoms with E-state index in [-0.39, 0.29) is 24.5 Å². The highest BCUT2D eigenvalue weighted by Crippen LogP contribution is 2.12. The highest BCUT2D eigenvalue weighted by atomic mass is 35.5. The summed E-state index contributed by atoms with van der Waals surface area (Å²) in [7, 11) is 1.86. The van der Waals surface area contributed by atoms with Gasteiger partial charge in [0.1, 0.15) is 0 Å². The zero-order valence-electron chi connectivity index (χ0n) is 10.6. The van der Waals surface area contributed by atoms with E-state index < -0.39 is 10.9 Å². The molecule has 0 aliphatic heterocycles. The summed E-state index contributed by atoms with van der Waals surface area (Å²) in [6.45, 7) is 1.23. The van der Waals surface area contributed by atoms with Crippen molar-refractivity contribution >= 4 is 24.1 Å². The van der Waals surface area contributed by atoms with Crippen LogP contribution in [-0.4, -0.2) is 41.0 Å². The normalized spacial score (nSPS) is 10.0. The smallest absolute Gasteiger partial charge is 0.304 e. The van der Waals surface area contributed by atoms with Crippen molar-refractivity contribution in [2.45, 2.75) is 12.8 Å². The molecule has 1 aromatic rings. The summed E-state index contributed by atoms with van der Waals surface area (Å²) >= 11 is 0. The Morgan fingerprint density at radius 3 is 2.37 bits per heavy atom. The number of likely N-dealkylation sites (N-methyl/N-ethyl adjacent to an activating group) is 1. The summed E-state index contributed by atoms with van der Waals surface area (Å²) in [4.78, 5) is 22.4. The summed E-state index contributed by atoms with van der Waals surface area (Å²) in [5.41, 5.74) is 1.08. The Bertz CT molecular complexity index is 422. The minimum atomic E-state index is -0.808. The van der Waals surface area contributed by atoms with Crippen LogP contribution in [0.5, 0.6) is 0 Å². The lowest BCUT2D eigenvalue weighted by atomic mass is 10.1. The van der Waals surface area contributed by atoms with Crippen molar-refractivity contribution in [1.82, 2.24) is 4.90 Å². The summed E-state index contributed by atoms with van der Waals surface area (Å²) < 4.78 is 0. The van der Waals surface area contributed by atoms with E-state index in [1.807, 2.05) is 11.9 Å². The molecule has 0 spiro atoms. The van der Waals surface area contributed by atoms with E-state index in [0.29, 0.717) is 6.54 Å². The lowest BCUT2D eigenvalue weighted by Crippen LogP contribution is -2.24. The van der Waals surface area contributed by atoms with Gasteiger partial charge in [0.15, 0.2) is 0 Å². The summed E-state index contributed by atoms with van der Waals surface area (Å²) in [5.74, 6) is -0.808. The predicted molar refractivity (Wildman–Crippen MR) is 73.8 cm³/mol. The third-order valence-corrected chi connectivity index (χ3v) is 2.64. The van der Waals surface area contributed by atoms with Crippen molar-refractivity contribution in [3.8, 4) is 0 Å². The molecule has 7 heteroatoms. The van der Waals surface area contributed by atoms with E-state index in [0.717, 1.165) is 18.5 Å². The molecule has 0 aliphatic carbocycles. The molecule has 0 fully saturated rings. The molecule has 0 heterocycles. The van der Waals surface area contributed by atoms with Gasteiger partial charge in [-0.2, -0.15) is 0 Å². The Kier molecular flexibility index (Phi) is 7.71. The van der Waals surface area contributed by atoms with Crippen molar-refractivity contribution in [2.24, 2.45) is 0 Å². The molecule has 19 heavy (non-hydrogen) atoms. The number of aliphatic carboxylic acids is 1. The average molecular weight is 289 g/mol. The number of benzene rings is 1. The van der Waals surface area contributed by atoms with Crippen LogP contribution in [0, 0.1) is 10.1 Å². The van der Waals surface area contributed by atoms with Gasteiger partial charge in [0.05, 0.1) is 11.3 Å². The Balaban J connectivity index is 0.00000324. The fourth-order valence-corrected chi connectivity index (χ4v) is 1.50. The molecule has 0 aliphatic rings. The minimum absolute atomic E-state index is 0. The third-order valence-electron chi connectivity index (χ3n) is 2.64. The van der Waals surface area contributed by atoms with Gasteiger partial charge in [-0.3, -0.25) is 14.9 Å². The van der Waals surface area contributed by atoms with E-state index in [2.05, 4.69) is 0 Å². The van der Waals surface area contributed by atoms with Gasteiger partial charge in [-0.05, 0) is 19.0 Å². The summed E-state index contributed by atoms with van der Waals surface area (Å²) in [5, 5.41) is 19.0. The average Bonchev–Trinajstić information content (AvgIpc) is 2.34. The van der Waals surface area contributed by atoms with Crippen LogP contribution in [0.4, 0.5) is 5.69 Å². The van der Waals surface area contributed by atoms with Gasteiger partial charge in [0.25, 0.3) is 5.69 Å². The molecule has 0 amide bonds. The molecule has 0 bridgehead atoms. The van der Waals surface area contributed by atoms with Gasteiger partial charge in [-0.1, -0.05) is 12.1 Å². The van der Waals surface area contributed by atoms with Crippen molar-refractivity contribution < 1.29 is 14.8 Å². The van der Waals surface area contributed by atoms with Gasteiger partial charge in [-0.15, -0.1) is 12.4 Å². The molecule has 0 aromatic heterocycles. The van der Waals surface area contributed by atoms with Crippen LogP contribution in [0.15, 0.2) is 24.3 Å². The van der Waals surface area contributed by atoms with Crippen LogP contribution in [0.3, 0.4) is 0 Å². The summed E-state index contributed by atoms with van der Waals surface area (Å²) in [6, 6.07) is 6.41. The molecule has 6 nitrogen and oxygen atoms in total. The van der Waals surface area contributed by atoms with Gasteiger partial charge < -0.3 is 10.0 Å². The molecule has 0 saturated carbocycles. The van der Waals surface area contributed by atoms with Gasteiger partial charge in [0.2, 0.25) is 0 Å². The number of nitro groups is 1. The summed E-state index contributed by atoms with van der Waals surface area (Å²) in [6.07, 6.45) is 0.866. The zero-order chi connectivity index (χ0) is 13.5. The maximum atomic E-state index is 10.5. The standard InChI is InChI=1S/C12H16N2O4.ClH/c1-13(9-7-12(15)16)8-6-10-2-4-11(5-3-10)14(17)18;/h2-5H,6-9H2,1H3,(H,15,16);1H. The predicted octanol–water partition coefficient (Wildman–Crippen LogP) is 1.97. The van der Waals surface area contributed by atoms with Crippen LogP contribution in [0.2, 0.25) is 0 Å². The SMILES string of the molecule is CN(CCC(=O)O)CCc1ccc([N+](=O)[O-])cc1.Cl.